The molecule has 7 heteroatoms. The topological polar surface area (TPSA) is 6.48 Å². The van der Waals surface area contributed by atoms with Crippen molar-refractivity contribution in [2.75, 3.05) is 38.1 Å². The van der Waals surface area contributed by atoms with Gasteiger partial charge in [-0.05, 0) is 25.6 Å². The minimum absolute atomic E-state index is 0.0228. The molecule has 21 heavy (non-hydrogen) atoms. The minimum Gasteiger partial charge on any atom is -0.369 e. The Morgan fingerprint density at radius 2 is 1.52 bits per heavy atom. The highest BCUT2D eigenvalue weighted by Gasteiger charge is 2.59. The fourth-order valence-electron chi connectivity index (χ4n) is 2.37. The number of hydrogen-bond acceptors (Lipinski definition) is 2. The summed E-state index contributed by atoms with van der Waals surface area (Å²) in [5, 5.41) is 0. The van der Waals surface area contributed by atoms with Gasteiger partial charge < -0.3 is 9.80 Å². The van der Waals surface area contributed by atoms with Crippen LogP contribution in [0, 0.1) is 6.92 Å². The van der Waals surface area contributed by atoms with Crippen molar-refractivity contribution in [1.29, 1.82) is 0 Å². The number of piperazine rings is 1. The summed E-state index contributed by atoms with van der Waals surface area (Å²) in [5.41, 5.74) is -0.332. The maximum atomic E-state index is 13.7. The van der Waals surface area contributed by atoms with Gasteiger partial charge in [-0.1, -0.05) is 12.1 Å². The van der Waals surface area contributed by atoms with Gasteiger partial charge in [0.15, 0.2) is 0 Å². The molecule has 1 saturated heterocycles. The predicted octanol–water partition coefficient (Wildman–Crippen LogP) is 3.40. The van der Waals surface area contributed by atoms with E-state index in [9.17, 15) is 22.0 Å². The first-order valence-corrected chi connectivity index (χ1v) is 6.62. The molecule has 0 spiro atoms. The van der Waals surface area contributed by atoms with Crippen LogP contribution in [-0.4, -0.2) is 44.3 Å². The number of likely N-dealkylation sites (N-methyl/N-ethyl adjacent to an activating group) is 1. The number of halogens is 5. The molecule has 0 saturated carbocycles. The number of nitrogens with zero attached hydrogens (tertiary/aromatic N) is 2. The summed E-state index contributed by atoms with van der Waals surface area (Å²) in [5.74, 6) is -4.85. The van der Waals surface area contributed by atoms with Gasteiger partial charge in [0.1, 0.15) is 0 Å². The average Bonchev–Trinajstić information content (AvgIpc) is 2.38. The molecule has 2 rings (SSSR count). The normalized spacial score (nSPS) is 18.1. The van der Waals surface area contributed by atoms with Crippen LogP contribution >= 0.6 is 0 Å². The Morgan fingerprint density at radius 3 is 2.05 bits per heavy atom. The smallest absolute Gasteiger partial charge is 0.369 e. The van der Waals surface area contributed by atoms with Gasteiger partial charge in [0, 0.05) is 31.9 Å². The molecule has 0 aromatic heterocycles. The number of rotatable bonds is 2. The molecule has 0 unspecified atom stereocenters. The van der Waals surface area contributed by atoms with Crippen LogP contribution in [0.1, 0.15) is 11.1 Å². The SMILES string of the molecule is Cc1ccc(C(F)(F)C(F)(F)F)c(N2CCN(C)CC2)c1. The Balaban J connectivity index is 2.43. The van der Waals surface area contributed by atoms with Crippen molar-refractivity contribution in [2.24, 2.45) is 0 Å². The van der Waals surface area contributed by atoms with E-state index in [1.54, 1.807) is 11.8 Å². The second-order valence-corrected chi connectivity index (χ2v) is 5.38. The molecular formula is C14H17F5N2. The molecule has 0 radical (unpaired) electrons. The van der Waals surface area contributed by atoms with Crippen LogP contribution in [0.4, 0.5) is 27.6 Å². The Bertz CT molecular complexity index is 505. The molecule has 1 aliphatic rings. The first-order chi connectivity index (χ1) is 9.63. The summed E-state index contributed by atoms with van der Waals surface area (Å²) in [6, 6.07) is 3.57. The van der Waals surface area contributed by atoms with Crippen molar-refractivity contribution in [2.45, 2.75) is 19.0 Å². The van der Waals surface area contributed by atoms with Gasteiger partial charge in [-0.3, -0.25) is 0 Å². The lowest BCUT2D eigenvalue weighted by atomic mass is 10.0. The van der Waals surface area contributed by atoms with Gasteiger partial charge in [0.2, 0.25) is 0 Å². The van der Waals surface area contributed by atoms with Gasteiger partial charge in [0.25, 0.3) is 0 Å². The Morgan fingerprint density at radius 1 is 0.952 bits per heavy atom. The highest BCUT2D eigenvalue weighted by Crippen LogP contribution is 2.47. The third-order valence-electron chi connectivity index (χ3n) is 3.69. The minimum atomic E-state index is -5.59. The molecule has 0 atom stereocenters. The van der Waals surface area contributed by atoms with E-state index < -0.39 is 17.7 Å². The zero-order chi connectivity index (χ0) is 15.8. The van der Waals surface area contributed by atoms with Crippen LogP contribution in [0.15, 0.2) is 18.2 Å². The van der Waals surface area contributed by atoms with Crippen LogP contribution in [0.3, 0.4) is 0 Å². The Kier molecular flexibility index (Phi) is 4.15. The van der Waals surface area contributed by atoms with Crippen molar-refractivity contribution >= 4 is 5.69 Å². The molecule has 1 fully saturated rings. The monoisotopic (exact) mass is 308 g/mol. The van der Waals surface area contributed by atoms with Gasteiger partial charge in [-0.2, -0.15) is 22.0 Å². The van der Waals surface area contributed by atoms with E-state index in [0.717, 1.165) is 6.07 Å². The van der Waals surface area contributed by atoms with E-state index in [4.69, 9.17) is 0 Å². The molecule has 2 nitrogen and oxygen atoms in total. The highest BCUT2D eigenvalue weighted by atomic mass is 19.4. The van der Waals surface area contributed by atoms with E-state index in [0.29, 0.717) is 31.7 Å². The maximum absolute atomic E-state index is 13.7. The fourth-order valence-corrected chi connectivity index (χ4v) is 2.37. The van der Waals surface area contributed by atoms with E-state index in [2.05, 4.69) is 0 Å². The summed E-state index contributed by atoms with van der Waals surface area (Å²) >= 11 is 0. The lowest BCUT2D eigenvalue weighted by molar-refractivity contribution is -0.289. The lowest BCUT2D eigenvalue weighted by Gasteiger charge is -2.36. The number of aryl methyl sites for hydroxylation is 1. The van der Waals surface area contributed by atoms with Crippen molar-refractivity contribution in [3.05, 3.63) is 29.3 Å². The van der Waals surface area contributed by atoms with Crippen molar-refractivity contribution in [3.63, 3.8) is 0 Å². The molecule has 0 N–H and O–H groups in total. The number of anilines is 1. The van der Waals surface area contributed by atoms with Gasteiger partial charge in [-0.25, -0.2) is 0 Å². The number of alkyl halides is 5. The number of hydrogen-bond donors (Lipinski definition) is 0. The molecule has 1 heterocycles. The summed E-state index contributed by atoms with van der Waals surface area (Å²) in [4.78, 5) is 3.61. The van der Waals surface area contributed by atoms with E-state index in [1.807, 2.05) is 11.9 Å². The van der Waals surface area contributed by atoms with Crippen LogP contribution in [-0.2, 0) is 5.92 Å². The quantitative estimate of drug-likeness (QED) is 0.773. The molecule has 1 aliphatic heterocycles. The summed E-state index contributed by atoms with van der Waals surface area (Å²) in [6.45, 7) is 3.80. The zero-order valence-electron chi connectivity index (χ0n) is 11.8. The van der Waals surface area contributed by atoms with Crippen LogP contribution in [0.25, 0.3) is 0 Å². The van der Waals surface area contributed by atoms with Crippen molar-refractivity contribution in [3.8, 4) is 0 Å². The molecule has 1 aromatic rings. The van der Waals surface area contributed by atoms with Gasteiger partial charge in [-0.15, -0.1) is 0 Å². The van der Waals surface area contributed by atoms with E-state index >= 15 is 0 Å². The van der Waals surface area contributed by atoms with Crippen LogP contribution in [0.2, 0.25) is 0 Å². The van der Waals surface area contributed by atoms with Crippen LogP contribution < -0.4 is 4.90 Å². The van der Waals surface area contributed by atoms with E-state index in [1.165, 1.54) is 12.1 Å². The van der Waals surface area contributed by atoms with E-state index in [-0.39, 0.29) is 5.69 Å². The van der Waals surface area contributed by atoms with Crippen molar-refractivity contribution < 1.29 is 22.0 Å². The molecule has 118 valence electrons. The molecule has 0 bridgehead atoms. The predicted molar refractivity (Wildman–Crippen MR) is 70.8 cm³/mol. The second-order valence-electron chi connectivity index (χ2n) is 5.38. The summed E-state index contributed by atoms with van der Waals surface area (Å²) in [6.07, 6.45) is -5.59. The zero-order valence-corrected chi connectivity index (χ0v) is 11.8. The molecular weight excluding hydrogens is 291 g/mol. The van der Waals surface area contributed by atoms with Crippen molar-refractivity contribution in [1.82, 2.24) is 4.90 Å². The first-order valence-electron chi connectivity index (χ1n) is 6.62. The largest absolute Gasteiger partial charge is 0.458 e. The lowest BCUT2D eigenvalue weighted by Crippen LogP contribution is -2.46. The summed E-state index contributed by atoms with van der Waals surface area (Å²) < 4.78 is 65.4. The average molecular weight is 308 g/mol. The fraction of sp³-hybridized carbons (Fsp3) is 0.571. The van der Waals surface area contributed by atoms with Crippen LogP contribution in [0.5, 0.6) is 0 Å². The Labute approximate surface area is 120 Å². The number of benzene rings is 1. The third-order valence-corrected chi connectivity index (χ3v) is 3.69. The molecule has 0 aliphatic carbocycles. The maximum Gasteiger partial charge on any atom is 0.458 e. The standard InChI is InChI=1S/C14H17F5N2/c1-10-3-4-11(13(15,16)14(17,18)19)12(9-10)21-7-5-20(2)6-8-21/h3-4,9H,5-8H2,1-2H3. The Hall–Kier alpha value is -1.37. The first kappa shape index (κ1) is 16.0. The second kappa shape index (κ2) is 5.44. The van der Waals surface area contributed by atoms with Gasteiger partial charge >= 0.3 is 12.1 Å². The third kappa shape index (κ3) is 3.12. The summed E-state index contributed by atoms with van der Waals surface area (Å²) in [7, 11) is 1.89. The molecule has 1 aromatic carbocycles. The highest BCUT2D eigenvalue weighted by molar-refractivity contribution is 5.58. The van der Waals surface area contributed by atoms with Gasteiger partial charge in [0.05, 0.1) is 5.56 Å². The molecule has 0 amide bonds.